The minimum atomic E-state index is -0.500. The average molecular weight is 288 g/mol. The van der Waals surface area contributed by atoms with E-state index in [1.165, 1.54) is 12.1 Å². The largest absolute Gasteiger partial charge is 0.338 e. The Bertz CT molecular complexity index is 794. The first kappa shape index (κ1) is 12.9. The van der Waals surface area contributed by atoms with Crippen LogP contribution in [-0.2, 0) is 6.54 Å². The van der Waals surface area contributed by atoms with Crippen LogP contribution in [0.2, 0.25) is 5.02 Å². The van der Waals surface area contributed by atoms with Gasteiger partial charge in [-0.25, -0.2) is 4.39 Å². The third-order valence-electron chi connectivity index (χ3n) is 3.23. The number of aromatic nitrogens is 1. The van der Waals surface area contributed by atoms with Crippen molar-refractivity contribution >= 4 is 28.3 Å². The topological polar surface area (TPSA) is 22.0 Å². The molecule has 1 heterocycles. The standard InChI is InChI=1S/C16H11ClFNO/c17-13-9-19(15-8-4-2-5-11(13)15)10-16(20)12-6-1-3-7-14(12)18/h1-9H,10H2. The van der Waals surface area contributed by atoms with Gasteiger partial charge in [0.25, 0.3) is 0 Å². The SMILES string of the molecule is O=C(Cn1cc(Cl)c2ccccc21)c1ccccc1F. The van der Waals surface area contributed by atoms with Crippen LogP contribution in [0.3, 0.4) is 0 Å². The van der Waals surface area contributed by atoms with Crippen LogP contribution >= 0.6 is 11.6 Å². The molecule has 0 radical (unpaired) electrons. The Morgan fingerprint density at radius 3 is 2.60 bits per heavy atom. The highest BCUT2D eigenvalue weighted by Crippen LogP contribution is 2.25. The molecule has 0 bridgehead atoms. The van der Waals surface area contributed by atoms with Crippen LogP contribution in [0.4, 0.5) is 4.39 Å². The van der Waals surface area contributed by atoms with E-state index in [0.717, 1.165) is 10.9 Å². The van der Waals surface area contributed by atoms with Crippen LogP contribution in [0.5, 0.6) is 0 Å². The van der Waals surface area contributed by atoms with E-state index in [1.54, 1.807) is 22.9 Å². The van der Waals surface area contributed by atoms with E-state index < -0.39 is 5.82 Å². The lowest BCUT2D eigenvalue weighted by Crippen LogP contribution is -2.11. The summed E-state index contributed by atoms with van der Waals surface area (Å²) in [5.74, 6) is -0.777. The molecule has 2 nitrogen and oxygen atoms in total. The zero-order valence-corrected chi connectivity index (χ0v) is 11.3. The molecule has 0 amide bonds. The number of carbonyl (C=O) groups excluding carboxylic acids is 1. The molecule has 1 aromatic heterocycles. The lowest BCUT2D eigenvalue weighted by Gasteiger charge is -2.05. The summed E-state index contributed by atoms with van der Waals surface area (Å²) in [4.78, 5) is 12.2. The normalized spacial score (nSPS) is 10.9. The van der Waals surface area contributed by atoms with Crippen molar-refractivity contribution in [1.82, 2.24) is 4.57 Å². The van der Waals surface area contributed by atoms with Gasteiger partial charge in [-0.2, -0.15) is 0 Å². The van der Waals surface area contributed by atoms with Gasteiger partial charge in [-0.3, -0.25) is 4.79 Å². The minimum absolute atomic E-state index is 0.0637. The Labute approximate surface area is 120 Å². The number of fused-ring (bicyclic) bond motifs is 1. The summed E-state index contributed by atoms with van der Waals surface area (Å²) in [7, 11) is 0. The summed E-state index contributed by atoms with van der Waals surface area (Å²) in [6.45, 7) is 0.0637. The molecule has 0 aliphatic carbocycles. The fourth-order valence-corrected chi connectivity index (χ4v) is 2.54. The van der Waals surface area contributed by atoms with Gasteiger partial charge in [0.1, 0.15) is 5.82 Å². The molecule has 2 aromatic carbocycles. The molecule has 0 aliphatic heterocycles. The molecule has 4 heteroatoms. The number of halogens is 2. The monoisotopic (exact) mass is 287 g/mol. The second-order valence-corrected chi connectivity index (χ2v) is 4.93. The highest BCUT2D eigenvalue weighted by Gasteiger charge is 2.14. The second kappa shape index (κ2) is 5.10. The Hall–Kier alpha value is -2.13. The van der Waals surface area contributed by atoms with Gasteiger partial charge in [0, 0.05) is 17.1 Å². The van der Waals surface area contributed by atoms with E-state index in [4.69, 9.17) is 11.6 Å². The number of nitrogens with zero attached hydrogens (tertiary/aromatic N) is 1. The molecular formula is C16H11ClFNO. The summed E-state index contributed by atoms with van der Waals surface area (Å²) in [5, 5.41) is 1.47. The van der Waals surface area contributed by atoms with Crippen molar-refractivity contribution in [3.8, 4) is 0 Å². The highest BCUT2D eigenvalue weighted by molar-refractivity contribution is 6.35. The molecule has 3 rings (SSSR count). The van der Waals surface area contributed by atoms with Gasteiger partial charge in [0.05, 0.1) is 17.1 Å². The third kappa shape index (κ3) is 2.21. The summed E-state index contributed by atoms with van der Waals surface area (Å²) in [5.41, 5.74) is 0.962. The van der Waals surface area contributed by atoms with Gasteiger partial charge < -0.3 is 4.57 Å². The number of Topliss-reactive ketones (excluding diaryl/α,β-unsaturated/α-hetero) is 1. The molecule has 0 saturated heterocycles. The molecule has 0 unspecified atom stereocenters. The number of hydrogen-bond donors (Lipinski definition) is 0. The Balaban J connectivity index is 1.98. The molecule has 3 aromatic rings. The van der Waals surface area contributed by atoms with Gasteiger partial charge in [-0.1, -0.05) is 41.9 Å². The molecule has 0 aliphatic rings. The van der Waals surface area contributed by atoms with Crippen molar-refractivity contribution in [3.05, 3.63) is 71.1 Å². The first-order valence-electron chi connectivity index (χ1n) is 6.18. The van der Waals surface area contributed by atoms with Crippen LogP contribution in [0.15, 0.2) is 54.7 Å². The summed E-state index contributed by atoms with van der Waals surface area (Å²) in [6, 6.07) is 13.5. The maximum Gasteiger partial charge on any atom is 0.185 e. The van der Waals surface area contributed by atoms with Crippen molar-refractivity contribution in [1.29, 1.82) is 0 Å². The first-order chi connectivity index (χ1) is 9.66. The number of para-hydroxylation sites is 1. The zero-order chi connectivity index (χ0) is 14.1. The number of carbonyl (C=O) groups is 1. The molecule has 100 valence electrons. The Morgan fingerprint density at radius 2 is 1.80 bits per heavy atom. The zero-order valence-electron chi connectivity index (χ0n) is 10.5. The maximum absolute atomic E-state index is 13.6. The van der Waals surface area contributed by atoms with Crippen molar-refractivity contribution in [2.45, 2.75) is 6.54 Å². The molecule has 0 fully saturated rings. The molecule has 20 heavy (non-hydrogen) atoms. The van der Waals surface area contributed by atoms with Crippen molar-refractivity contribution in [3.63, 3.8) is 0 Å². The molecule has 0 spiro atoms. The smallest absolute Gasteiger partial charge is 0.185 e. The molecule has 0 atom stereocenters. The number of rotatable bonds is 3. The Morgan fingerprint density at radius 1 is 1.10 bits per heavy atom. The summed E-state index contributed by atoms with van der Waals surface area (Å²) in [6.07, 6.45) is 1.70. The fourth-order valence-electron chi connectivity index (χ4n) is 2.26. The van der Waals surface area contributed by atoms with Gasteiger partial charge >= 0.3 is 0 Å². The van der Waals surface area contributed by atoms with Crippen LogP contribution in [0.25, 0.3) is 10.9 Å². The average Bonchev–Trinajstić information content (AvgIpc) is 2.76. The third-order valence-corrected chi connectivity index (χ3v) is 3.53. The Kier molecular flexibility index (Phi) is 3.28. The van der Waals surface area contributed by atoms with Crippen molar-refractivity contribution in [2.24, 2.45) is 0 Å². The predicted octanol–water partition coefficient (Wildman–Crippen LogP) is 4.32. The maximum atomic E-state index is 13.6. The van der Waals surface area contributed by atoms with Gasteiger partial charge in [-0.15, -0.1) is 0 Å². The molecular weight excluding hydrogens is 277 g/mol. The number of benzene rings is 2. The van der Waals surface area contributed by atoms with E-state index in [1.807, 2.05) is 24.3 Å². The summed E-state index contributed by atoms with van der Waals surface area (Å²) >= 11 is 6.13. The van der Waals surface area contributed by atoms with Crippen LogP contribution < -0.4 is 0 Å². The lowest BCUT2D eigenvalue weighted by atomic mass is 10.1. The fraction of sp³-hybridized carbons (Fsp3) is 0.0625. The summed E-state index contributed by atoms with van der Waals surface area (Å²) < 4.78 is 15.3. The van der Waals surface area contributed by atoms with E-state index >= 15 is 0 Å². The van der Waals surface area contributed by atoms with Crippen LogP contribution in [0, 0.1) is 5.82 Å². The van der Waals surface area contributed by atoms with Crippen LogP contribution in [0.1, 0.15) is 10.4 Å². The van der Waals surface area contributed by atoms with Gasteiger partial charge in [0.2, 0.25) is 0 Å². The highest BCUT2D eigenvalue weighted by atomic mass is 35.5. The van der Waals surface area contributed by atoms with Crippen molar-refractivity contribution < 1.29 is 9.18 Å². The molecule has 0 N–H and O–H groups in total. The first-order valence-corrected chi connectivity index (χ1v) is 6.56. The number of ketones is 1. The number of hydrogen-bond acceptors (Lipinski definition) is 1. The van der Waals surface area contributed by atoms with Crippen molar-refractivity contribution in [2.75, 3.05) is 0 Å². The van der Waals surface area contributed by atoms with Gasteiger partial charge in [0.15, 0.2) is 5.78 Å². The molecule has 0 saturated carbocycles. The van der Waals surface area contributed by atoms with Gasteiger partial charge in [-0.05, 0) is 18.2 Å². The van der Waals surface area contributed by atoms with Crippen LogP contribution in [-0.4, -0.2) is 10.4 Å². The second-order valence-electron chi connectivity index (χ2n) is 4.53. The van der Waals surface area contributed by atoms with E-state index in [-0.39, 0.29) is 17.9 Å². The lowest BCUT2D eigenvalue weighted by molar-refractivity contribution is 0.0969. The van der Waals surface area contributed by atoms with E-state index in [9.17, 15) is 9.18 Å². The quantitative estimate of drug-likeness (QED) is 0.658. The minimum Gasteiger partial charge on any atom is -0.338 e. The van der Waals surface area contributed by atoms with E-state index in [0.29, 0.717) is 5.02 Å². The predicted molar refractivity (Wildman–Crippen MR) is 77.7 cm³/mol. The van der Waals surface area contributed by atoms with E-state index in [2.05, 4.69) is 0 Å².